The number of hydrogen-bond acceptors (Lipinski definition) is 5. The highest BCUT2D eigenvalue weighted by Gasteiger charge is 2.39. The Morgan fingerprint density at radius 1 is 1.35 bits per heavy atom. The van der Waals surface area contributed by atoms with Gasteiger partial charge < -0.3 is 14.6 Å². The molecule has 1 fully saturated rings. The maximum absolute atomic E-state index is 5.77. The van der Waals surface area contributed by atoms with Crippen LogP contribution < -0.4 is 5.32 Å². The highest BCUT2D eigenvalue weighted by Crippen LogP contribution is 2.39. The predicted molar refractivity (Wildman–Crippen MR) is 77.6 cm³/mol. The highest BCUT2D eigenvalue weighted by atomic mass is 16.5. The third-order valence-electron chi connectivity index (χ3n) is 4.70. The van der Waals surface area contributed by atoms with Gasteiger partial charge in [0.15, 0.2) is 0 Å². The van der Waals surface area contributed by atoms with Gasteiger partial charge in [-0.05, 0) is 26.3 Å². The molecule has 0 spiro atoms. The molecule has 0 amide bonds. The first-order valence-corrected chi connectivity index (χ1v) is 7.73. The van der Waals surface area contributed by atoms with Gasteiger partial charge in [0.25, 0.3) is 0 Å². The predicted octanol–water partition coefficient (Wildman–Crippen LogP) is 2.98. The molecule has 20 heavy (non-hydrogen) atoms. The van der Waals surface area contributed by atoms with Crippen molar-refractivity contribution in [3.63, 3.8) is 0 Å². The Hall–Kier alpha value is -0.940. The molecule has 5 heteroatoms. The Labute approximate surface area is 121 Å². The van der Waals surface area contributed by atoms with Crippen LogP contribution in [0.15, 0.2) is 4.52 Å². The Bertz CT molecular complexity index is 409. The van der Waals surface area contributed by atoms with Crippen molar-refractivity contribution in [3.8, 4) is 0 Å². The Morgan fingerprint density at radius 3 is 2.60 bits per heavy atom. The first kappa shape index (κ1) is 15.4. The second-order valence-corrected chi connectivity index (χ2v) is 5.81. The number of rotatable bonds is 6. The number of hydrogen-bond donors (Lipinski definition) is 1. The summed E-state index contributed by atoms with van der Waals surface area (Å²) in [6, 6.07) is 0.355. The summed E-state index contributed by atoms with van der Waals surface area (Å²) in [4.78, 5) is 4.65. The lowest BCUT2D eigenvalue weighted by Crippen LogP contribution is -2.33. The number of ether oxygens (including phenoxy) is 1. The molecule has 1 heterocycles. The molecule has 114 valence electrons. The zero-order valence-corrected chi connectivity index (χ0v) is 13.1. The lowest BCUT2D eigenvalue weighted by molar-refractivity contribution is -0.0527. The van der Waals surface area contributed by atoms with Crippen LogP contribution in [-0.2, 0) is 10.3 Å². The Kier molecular flexibility index (Phi) is 5.16. The molecule has 2 unspecified atom stereocenters. The number of nitrogens with one attached hydrogen (secondary N) is 1. The third kappa shape index (κ3) is 2.88. The van der Waals surface area contributed by atoms with E-state index in [4.69, 9.17) is 9.26 Å². The van der Waals surface area contributed by atoms with Gasteiger partial charge in [-0.15, -0.1) is 0 Å². The summed E-state index contributed by atoms with van der Waals surface area (Å²) in [5.74, 6) is 1.65. The largest absolute Gasteiger partial charge is 0.370 e. The van der Waals surface area contributed by atoms with Crippen molar-refractivity contribution in [1.82, 2.24) is 15.5 Å². The zero-order chi connectivity index (χ0) is 14.6. The summed E-state index contributed by atoms with van der Waals surface area (Å²) in [6.45, 7) is 4.29. The van der Waals surface area contributed by atoms with Crippen LogP contribution in [0.4, 0.5) is 0 Å². The molecule has 2 atom stereocenters. The van der Waals surface area contributed by atoms with Gasteiger partial charge in [0, 0.05) is 13.2 Å². The fourth-order valence-electron chi connectivity index (χ4n) is 3.23. The Morgan fingerprint density at radius 2 is 2.05 bits per heavy atom. The van der Waals surface area contributed by atoms with E-state index in [1.54, 1.807) is 7.11 Å². The van der Waals surface area contributed by atoms with Gasteiger partial charge in [0.2, 0.25) is 11.7 Å². The van der Waals surface area contributed by atoms with Gasteiger partial charge >= 0.3 is 0 Å². The molecule has 0 bridgehead atoms. The van der Waals surface area contributed by atoms with Crippen LogP contribution in [0.2, 0.25) is 0 Å². The number of likely N-dealkylation sites (N-methyl/N-ethyl adjacent to an activating group) is 1. The quantitative estimate of drug-likeness (QED) is 0.868. The number of nitrogens with zero attached hydrogens (tertiary/aromatic N) is 2. The van der Waals surface area contributed by atoms with E-state index in [9.17, 15) is 0 Å². The lowest BCUT2D eigenvalue weighted by atomic mass is 9.84. The summed E-state index contributed by atoms with van der Waals surface area (Å²) in [5.41, 5.74) is -0.332. The average Bonchev–Trinajstić information content (AvgIpc) is 2.99. The second kappa shape index (κ2) is 6.68. The van der Waals surface area contributed by atoms with E-state index < -0.39 is 0 Å². The van der Waals surface area contributed by atoms with E-state index in [1.807, 2.05) is 7.05 Å². The smallest absolute Gasteiger partial charge is 0.231 e. The highest BCUT2D eigenvalue weighted by molar-refractivity contribution is 5.06. The summed E-state index contributed by atoms with van der Waals surface area (Å²) in [5, 5.41) is 7.52. The van der Waals surface area contributed by atoms with E-state index in [0.29, 0.717) is 11.9 Å². The van der Waals surface area contributed by atoms with Crippen molar-refractivity contribution in [3.05, 3.63) is 11.7 Å². The molecule has 1 aliphatic carbocycles. The molecule has 0 radical (unpaired) electrons. The van der Waals surface area contributed by atoms with Crippen LogP contribution in [0.3, 0.4) is 0 Å². The molecule has 1 saturated carbocycles. The molecule has 5 nitrogen and oxygen atoms in total. The molecule has 1 aliphatic rings. The molecular formula is C15H27N3O2. The maximum atomic E-state index is 5.77. The van der Waals surface area contributed by atoms with E-state index >= 15 is 0 Å². The zero-order valence-electron chi connectivity index (χ0n) is 13.1. The van der Waals surface area contributed by atoms with Crippen LogP contribution in [0.5, 0.6) is 0 Å². The second-order valence-electron chi connectivity index (χ2n) is 5.81. The first-order chi connectivity index (χ1) is 9.66. The van der Waals surface area contributed by atoms with Crippen molar-refractivity contribution < 1.29 is 9.26 Å². The topological polar surface area (TPSA) is 60.2 Å². The SMILES string of the molecule is CCC(NC)C(C)c1nc(C2(OC)CCCCC2)no1. The number of aromatic nitrogens is 2. The van der Waals surface area contributed by atoms with Crippen molar-refractivity contribution in [1.29, 1.82) is 0 Å². The minimum Gasteiger partial charge on any atom is -0.370 e. The van der Waals surface area contributed by atoms with Gasteiger partial charge in [-0.1, -0.05) is 38.3 Å². The van der Waals surface area contributed by atoms with Crippen molar-refractivity contribution in [2.45, 2.75) is 69.9 Å². The normalized spacial score (nSPS) is 21.6. The summed E-state index contributed by atoms with van der Waals surface area (Å²) in [7, 11) is 3.73. The fraction of sp³-hybridized carbons (Fsp3) is 0.867. The molecule has 0 saturated heterocycles. The molecule has 1 aromatic rings. The molecule has 2 rings (SSSR count). The van der Waals surface area contributed by atoms with Crippen LogP contribution in [0, 0.1) is 0 Å². The van der Waals surface area contributed by atoms with Crippen molar-refractivity contribution in [2.24, 2.45) is 0 Å². The summed E-state index contributed by atoms with van der Waals surface area (Å²) >= 11 is 0. The van der Waals surface area contributed by atoms with Gasteiger partial charge in [-0.2, -0.15) is 4.98 Å². The standard InChI is InChI=1S/C15H27N3O2/c1-5-12(16-3)11(2)13-17-14(18-20-13)15(19-4)9-7-6-8-10-15/h11-12,16H,5-10H2,1-4H3. The lowest BCUT2D eigenvalue weighted by Gasteiger charge is -2.32. The summed E-state index contributed by atoms with van der Waals surface area (Å²) < 4.78 is 11.3. The van der Waals surface area contributed by atoms with E-state index in [2.05, 4.69) is 29.3 Å². The van der Waals surface area contributed by atoms with Crippen LogP contribution in [0.1, 0.15) is 70.0 Å². The minimum absolute atomic E-state index is 0.212. The number of methoxy groups -OCH3 is 1. The van der Waals surface area contributed by atoms with E-state index in [0.717, 1.165) is 25.1 Å². The van der Waals surface area contributed by atoms with Crippen LogP contribution >= 0.6 is 0 Å². The molecular weight excluding hydrogens is 254 g/mol. The monoisotopic (exact) mass is 281 g/mol. The average molecular weight is 281 g/mol. The molecule has 0 aromatic carbocycles. The van der Waals surface area contributed by atoms with Gasteiger partial charge in [-0.25, -0.2) is 0 Å². The first-order valence-electron chi connectivity index (χ1n) is 7.73. The maximum Gasteiger partial charge on any atom is 0.231 e. The molecule has 1 aromatic heterocycles. The fourth-order valence-corrected chi connectivity index (χ4v) is 3.23. The van der Waals surface area contributed by atoms with E-state index in [-0.39, 0.29) is 11.5 Å². The Balaban J connectivity index is 2.19. The summed E-state index contributed by atoms with van der Waals surface area (Å²) in [6.07, 6.45) is 6.61. The third-order valence-corrected chi connectivity index (χ3v) is 4.70. The molecule has 1 N–H and O–H groups in total. The van der Waals surface area contributed by atoms with E-state index in [1.165, 1.54) is 19.3 Å². The van der Waals surface area contributed by atoms with Crippen molar-refractivity contribution in [2.75, 3.05) is 14.2 Å². The van der Waals surface area contributed by atoms with Crippen LogP contribution in [0.25, 0.3) is 0 Å². The molecule has 0 aliphatic heterocycles. The minimum atomic E-state index is -0.332. The van der Waals surface area contributed by atoms with Gasteiger partial charge in [0.1, 0.15) is 5.60 Å². The van der Waals surface area contributed by atoms with Crippen LogP contribution in [-0.4, -0.2) is 30.3 Å². The van der Waals surface area contributed by atoms with Gasteiger partial charge in [-0.3, -0.25) is 0 Å². The van der Waals surface area contributed by atoms with Crippen molar-refractivity contribution >= 4 is 0 Å². The van der Waals surface area contributed by atoms with Gasteiger partial charge in [0.05, 0.1) is 5.92 Å².